The van der Waals surface area contributed by atoms with Crippen LogP contribution in [0.15, 0.2) is 36.5 Å². The summed E-state index contributed by atoms with van der Waals surface area (Å²) in [7, 11) is 0. The third-order valence-electron chi connectivity index (χ3n) is 4.35. The van der Waals surface area contributed by atoms with Crippen LogP contribution < -0.4 is 4.74 Å². The van der Waals surface area contributed by atoms with E-state index in [-0.39, 0.29) is 5.92 Å². The van der Waals surface area contributed by atoms with Gasteiger partial charge in [0.05, 0.1) is 23.2 Å². The lowest BCUT2D eigenvalue weighted by Crippen LogP contribution is -2.49. The number of ether oxygens (including phenoxy) is 1. The predicted molar refractivity (Wildman–Crippen MR) is 90.9 cm³/mol. The molecule has 0 amide bonds. The smallest absolute Gasteiger partial charge is 0.309 e. The maximum Gasteiger partial charge on any atom is 0.309 e. The van der Waals surface area contributed by atoms with Crippen LogP contribution in [-0.2, 0) is 17.9 Å². The lowest BCUT2D eigenvalue weighted by molar-refractivity contribution is -0.147. The highest BCUT2D eigenvalue weighted by atomic mass is 16.5. The van der Waals surface area contributed by atoms with Crippen molar-refractivity contribution in [1.82, 2.24) is 9.88 Å². The zero-order valence-electron chi connectivity index (χ0n) is 14.0. The number of aromatic nitrogens is 1. The van der Waals surface area contributed by atoms with Crippen molar-refractivity contribution in [2.24, 2.45) is 5.92 Å². The van der Waals surface area contributed by atoms with Gasteiger partial charge in [0.1, 0.15) is 12.4 Å². The van der Waals surface area contributed by atoms with Crippen molar-refractivity contribution in [3.63, 3.8) is 0 Å². The number of carboxylic acids is 1. The van der Waals surface area contributed by atoms with E-state index in [9.17, 15) is 4.79 Å². The Labute approximate surface area is 146 Å². The van der Waals surface area contributed by atoms with Gasteiger partial charge in [0.2, 0.25) is 0 Å². The van der Waals surface area contributed by atoms with E-state index in [1.807, 2.05) is 25.1 Å². The molecule has 2 aromatic rings. The normalized spacial score (nSPS) is 14.6. The van der Waals surface area contributed by atoms with Crippen LogP contribution in [0.4, 0.5) is 0 Å². The number of nitrogens with zero attached hydrogens (tertiary/aromatic N) is 3. The number of rotatable bonds is 6. The lowest BCUT2D eigenvalue weighted by Gasteiger charge is -2.36. The molecule has 0 saturated carbocycles. The fourth-order valence-electron chi connectivity index (χ4n) is 2.82. The number of hydrogen-bond acceptors (Lipinski definition) is 5. The van der Waals surface area contributed by atoms with Gasteiger partial charge < -0.3 is 9.84 Å². The second-order valence-electron chi connectivity index (χ2n) is 6.25. The number of carbonyl (C=O) groups is 1. The molecule has 6 heteroatoms. The molecule has 1 aromatic carbocycles. The Balaban J connectivity index is 1.56. The fraction of sp³-hybridized carbons (Fsp3) is 0.316. The molecule has 1 aliphatic heterocycles. The van der Waals surface area contributed by atoms with Crippen LogP contribution in [0, 0.1) is 24.2 Å². The number of likely N-dealkylation sites (tertiary alicyclic amines) is 1. The van der Waals surface area contributed by atoms with Crippen LogP contribution in [0.1, 0.15) is 22.4 Å². The van der Waals surface area contributed by atoms with Crippen LogP contribution in [0.25, 0.3) is 0 Å². The topological polar surface area (TPSA) is 86.5 Å². The van der Waals surface area contributed by atoms with E-state index in [4.69, 9.17) is 15.1 Å². The molecule has 2 heterocycles. The van der Waals surface area contributed by atoms with Crippen molar-refractivity contribution in [2.75, 3.05) is 13.1 Å². The minimum atomic E-state index is -0.717. The summed E-state index contributed by atoms with van der Waals surface area (Å²) in [4.78, 5) is 17.2. The molecular weight excluding hydrogens is 318 g/mol. The quantitative estimate of drug-likeness (QED) is 0.871. The summed E-state index contributed by atoms with van der Waals surface area (Å²) in [6, 6.07) is 11.3. The maximum atomic E-state index is 10.9. The van der Waals surface area contributed by atoms with E-state index >= 15 is 0 Å². The van der Waals surface area contributed by atoms with E-state index in [1.165, 1.54) is 5.56 Å². The Morgan fingerprint density at radius 2 is 2.20 bits per heavy atom. The third-order valence-corrected chi connectivity index (χ3v) is 4.35. The summed E-state index contributed by atoms with van der Waals surface area (Å²) < 4.78 is 5.76. The van der Waals surface area contributed by atoms with Gasteiger partial charge in [-0.3, -0.25) is 14.7 Å². The molecule has 128 valence electrons. The fourth-order valence-corrected chi connectivity index (χ4v) is 2.82. The number of aliphatic carboxylic acids is 1. The molecule has 0 aliphatic carbocycles. The van der Waals surface area contributed by atoms with Crippen molar-refractivity contribution in [3.8, 4) is 11.8 Å². The van der Waals surface area contributed by atoms with Gasteiger partial charge in [0.15, 0.2) is 0 Å². The van der Waals surface area contributed by atoms with Crippen molar-refractivity contribution >= 4 is 5.97 Å². The molecule has 0 unspecified atom stereocenters. The van der Waals surface area contributed by atoms with Crippen LogP contribution >= 0.6 is 0 Å². The van der Waals surface area contributed by atoms with Gasteiger partial charge in [-0.05, 0) is 42.3 Å². The molecule has 1 fully saturated rings. The highest BCUT2D eigenvalue weighted by molar-refractivity contribution is 5.71. The summed E-state index contributed by atoms with van der Waals surface area (Å²) in [5.41, 5.74) is 3.55. The van der Waals surface area contributed by atoms with E-state index in [0.29, 0.717) is 31.0 Å². The molecule has 1 N–H and O–H groups in total. The van der Waals surface area contributed by atoms with Crippen molar-refractivity contribution in [1.29, 1.82) is 5.26 Å². The summed E-state index contributed by atoms with van der Waals surface area (Å²) in [5, 5.41) is 17.8. The standard InChI is InChI=1S/C19H19N3O3/c1-13-6-18(25-12-17-7-14(8-20)4-5-21-17)3-2-15(13)9-22-10-16(11-22)19(23)24/h2-7,16H,9-12H2,1H3,(H,23,24). The molecule has 1 aromatic heterocycles. The molecule has 0 radical (unpaired) electrons. The van der Waals surface area contributed by atoms with E-state index in [1.54, 1.807) is 18.3 Å². The van der Waals surface area contributed by atoms with Gasteiger partial charge in [-0.1, -0.05) is 6.07 Å². The maximum absolute atomic E-state index is 10.9. The largest absolute Gasteiger partial charge is 0.487 e. The van der Waals surface area contributed by atoms with Crippen LogP contribution in [-0.4, -0.2) is 34.0 Å². The molecule has 0 bridgehead atoms. The second kappa shape index (κ2) is 7.32. The van der Waals surface area contributed by atoms with Crippen LogP contribution in [0.2, 0.25) is 0 Å². The molecule has 6 nitrogen and oxygen atoms in total. The monoisotopic (exact) mass is 337 g/mol. The SMILES string of the molecule is Cc1cc(OCc2cc(C#N)ccn2)ccc1CN1CC(C(=O)O)C1. The number of nitriles is 1. The Kier molecular flexibility index (Phi) is 4.96. The number of benzene rings is 1. The number of pyridine rings is 1. The Bertz CT molecular complexity index is 823. The molecule has 25 heavy (non-hydrogen) atoms. The van der Waals surface area contributed by atoms with Crippen molar-refractivity contribution in [2.45, 2.75) is 20.1 Å². The minimum Gasteiger partial charge on any atom is -0.487 e. The Morgan fingerprint density at radius 3 is 2.88 bits per heavy atom. The summed E-state index contributed by atoms with van der Waals surface area (Å²) in [6.45, 7) is 4.29. The zero-order valence-corrected chi connectivity index (χ0v) is 14.0. The second-order valence-corrected chi connectivity index (χ2v) is 6.25. The first-order valence-electron chi connectivity index (χ1n) is 8.07. The number of aryl methyl sites for hydroxylation is 1. The summed E-state index contributed by atoms with van der Waals surface area (Å²) >= 11 is 0. The molecule has 0 atom stereocenters. The van der Waals surface area contributed by atoms with E-state index < -0.39 is 5.97 Å². The average Bonchev–Trinajstić information content (AvgIpc) is 2.57. The van der Waals surface area contributed by atoms with Gasteiger partial charge in [0, 0.05) is 25.8 Å². The Hall–Kier alpha value is -2.91. The highest BCUT2D eigenvalue weighted by Gasteiger charge is 2.32. The van der Waals surface area contributed by atoms with Gasteiger partial charge >= 0.3 is 5.97 Å². The number of hydrogen-bond donors (Lipinski definition) is 1. The first-order chi connectivity index (χ1) is 12.0. The predicted octanol–water partition coefficient (Wildman–Crippen LogP) is 2.36. The first-order valence-corrected chi connectivity index (χ1v) is 8.07. The molecular formula is C19H19N3O3. The van der Waals surface area contributed by atoms with Crippen LogP contribution in [0.5, 0.6) is 5.75 Å². The molecule has 1 saturated heterocycles. The zero-order chi connectivity index (χ0) is 17.8. The molecule has 0 spiro atoms. The lowest BCUT2D eigenvalue weighted by atomic mass is 9.98. The van der Waals surface area contributed by atoms with Gasteiger partial charge in [-0.15, -0.1) is 0 Å². The van der Waals surface area contributed by atoms with Gasteiger partial charge in [-0.25, -0.2) is 0 Å². The number of carboxylic acid groups (broad SMARTS) is 1. The average molecular weight is 337 g/mol. The van der Waals surface area contributed by atoms with Crippen molar-refractivity contribution in [3.05, 3.63) is 58.9 Å². The van der Waals surface area contributed by atoms with Crippen molar-refractivity contribution < 1.29 is 14.6 Å². The Morgan fingerprint density at radius 1 is 1.40 bits per heavy atom. The summed E-state index contributed by atoms with van der Waals surface area (Å²) in [5.74, 6) is -0.206. The molecule has 3 rings (SSSR count). The minimum absolute atomic E-state index is 0.236. The molecule has 1 aliphatic rings. The summed E-state index contributed by atoms with van der Waals surface area (Å²) in [6.07, 6.45) is 1.60. The first kappa shape index (κ1) is 16.9. The van der Waals surface area contributed by atoms with Gasteiger partial charge in [-0.2, -0.15) is 5.26 Å². The van der Waals surface area contributed by atoms with E-state index in [2.05, 4.69) is 16.0 Å². The third kappa shape index (κ3) is 4.14. The van der Waals surface area contributed by atoms with Gasteiger partial charge in [0.25, 0.3) is 0 Å². The van der Waals surface area contributed by atoms with E-state index in [0.717, 1.165) is 17.9 Å². The van der Waals surface area contributed by atoms with Crippen LogP contribution in [0.3, 0.4) is 0 Å². The highest BCUT2D eigenvalue weighted by Crippen LogP contribution is 2.23.